The van der Waals surface area contributed by atoms with Crippen molar-refractivity contribution in [3.63, 3.8) is 0 Å². The van der Waals surface area contributed by atoms with E-state index in [2.05, 4.69) is 29.3 Å². The summed E-state index contributed by atoms with van der Waals surface area (Å²) in [6, 6.07) is 4.28. The largest absolute Gasteiger partial charge is 0.245 e. The molecule has 0 radical (unpaired) electrons. The van der Waals surface area contributed by atoms with Crippen LogP contribution in [0.2, 0.25) is 0 Å². The molecule has 0 N–H and O–H groups in total. The molecular weight excluding hydrogens is 198 g/mol. The molecule has 0 atom stereocenters. The van der Waals surface area contributed by atoms with Crippen LogP contribution in [0, 0.1) is 0 Å². The van der Waals surface area contributed by atoms with E-state index >= 15 is 0 Å². The highest BCUT2D eigenvalue weighted by Gasteiger charge is 2.09. The van der Waals surface area contributed by atoms with Crippen LogP contribution in [0.15, 0.2) is 28.6 Å². The van der Waals surface area contributed by atoms with Gasteiger partial charge in [-0.15, -0.1) is 23.1 Å². The van der Waals surface area contributed by atoms with Crippen molar-refractivity contribution in [1.29, 1.82) is 0 Å². The molecule has 1 aliphatic heterocycles. The van der Waals surface area contributed by atoms with Gasteiger partial charge in [0.2, 0.25) is 0 Å². The van der Waals surface area contributed by atoms with Crippen LogP contribution in [0.25, 0.3) is 16.3 Å². The minimum absolute atomic E-state index is 1.09. The summed E-state index contributed by atoms with van der Waals surface area (Å²) < 4.78 is 1.32. The first kappa shape index (κ1) is 7.59. The van der Waals surface area contributed by atoms with Crippen LogP contribution in [-0.2, 0) is 0 Å². The summed E-state index contributed by atoms with van der Waals surface area (Å²) in [6.07, 6.45) is 4.43. The Labute approximate surface area is 84.5 Å². The van der Waals surface area contributed by atoms with Gasteiger partial charge in [-0.3, -0.25) is 0 Å². The summed E-state index contributed by atoms with van der Waals surface area (Å²) in [7, 11) is 0. The highest BCUT2D eigenvalue weighted by molar-refractivity contribution is 7.99. The number of nitrogens with zero attached hydrogens (tertiary/aromatic N) is 1. The topological polar surface area (TPSA) is 12.9 Å². The number of benzene rings is 1. The zero-order valence-electron chi connectivity index (χ0n) is 6.86. The Kier molecular flexibility index (Phi) is 1.67. The fourth-order valence-corrected chi connectivity index (χ4v) is 3.26. The molecule has 13 heavy (non-hydrogen) atoms. The van der Waals surface area contributed by atoms with Crippen LogP contribution in [0.3, 0.4) is 0 Å². The molecule has 0 saturated carbocycles. The molecule has 0 fully saturated rings. The maximum atomic E-state index is 4.30. The fraction of sp³-hybridized carbons (Fsp3) is 0.100. The second-order valence-corrected chi connectivity index (χ2v) is 4.81. The number of aromatic nitrogens is 1. The molecular formula is C10H7NS2. The van der Waals surface area contributed by atoms with Crippen molar-refractivity contribution >= 4 is 39.4 Å². The first-order valence-corrected chi connectivity index (χ1v) is 5.97. The molecule has 0 saturated heterocycles. The first-order valence-electron chi connectivity index (χ1n) is 4.11. The van der Waals surface area contributed by atoms with Gasteiger partial charge in [0.15, 0.2) is 0 Å². The Bertz CT molecular complexity index is 485. The highest BCUT2D eigenvalue weighted by Crippen LogP contribution is 2.35. The zero-order valence-corrected chi connectivity index (χ0v) is 8.49. The molecule has 0 amide bonds. The number of fused-ring (bicyclic) bond motifs is 3. The van der Waals surface area contributed by atoms with Crippen LogP contribution >= 0.6 is 23.1 Å². The summed E-state index contributed by atoms with van der Waals surface area (Å²) in [6.45, 7) is 0. The van der Waals surface area contributed by atoms with E-state index in [0.717, 1.165) is 11.3 Å². The fourth-order valence-electron chi connectivity index (χ4n) is 1.52. The Balaban J connectivity index is 2.43. The molecule has 1 aromatic heterocycles. The Hall–Kier alpha value is -0.800. The molecule has 0 spiro atoms. The van der Waals surface area contributed by atoms with E-state index < -0.39 is 0 Å². The molecule has 0 aliphatic carbocycles. The quantitative estimate of drug-likeness (QED) is 0.653. The Morgan fingerprint density at radius 1 is 1.31 bits per heavy atom. The lowest BCUT2D eigenvalue weighted by molar-refractivity contribution is 1.42. The number of hydrogen-bond donors (Lipinski definition) is 0. The molecule has 64 valence electrons. The summed E-state index contributed by atoms with van der Waals surface area (Å²) in [5.41, 5.74) is 4.39. The zero-order chi connectivity index (χ0) is 8.67. The maximum absolute atomic E-state index is 4.30. The maximum Gasteiger partial charge on any atom is 0.0818 e. The van der Waals surface area contributed by atoms with Gasteiger partial charge in [0, 0.05) is 16.2 Å². The SMILES string of the molecule is C1=Cc2c(ccc3ncsc23)SC1. The van der Waals surface area contributed by atoms with E-state index in [-0.39, 0.29) is 0 Å². The van der Waals surface area contributed by atoms with Gasteiger partial charge in [-0.2, -0.15) is 0 Å². The molecule has 2 heterocycles. The van der Waals surface area contributed by atoms with Crippen LogP contribution in [0.5, 0.6) is 0 Å². The van der Waals surface area contributed by atoms with Gasteiger partial charge in [-0.05, 0) is 12.1 Å². The van der Waals surface area contributed by atoms with Gasteiger partial charge in [0.1, 0.15) is 0 Å². The van der Waals surface area contributed by atoms with Gasteiger partial charge in [-0.25, -0.2) is 4.98 Å². The standard InChI is InChI=1S/C10H7NS2/c1-2-7-9(12-5-1)4-3-8-10(7)13-6-11-8/h1-4,6H,5H2. The summed E-state index contributed by atoms with van der Waals surface area (Å²) in [5.74, 6) is 1.09. The Morgan fingerprint density at radius 3 is 3.31 bits per heavy atom. The first-order chi connectivity index (χ1) is 6.45. The van der Waals surface area contributed by atoms with Gasteiger partial charge in [-0.1, -0.05) is 12.2 Å². The molecule has 3 heteroatoms. The summed E-state index contributed by atoms with van der Waals surface area (Å²) in [4.78, 5) is 5.69. The van der Waals surface area contributed by atoms with Crippen molar-refractivity contribution < 1.29 is 0 Å². The molecule has 3 rings (SSSR count). The normalized spacial score (nSPS) is 14.8. The minimum atomic E-state index is 1.09. The van der Waals surface area contributed by atoms with Gasteiger partial charge >= 0.3 is 0 Å². The number of thiazole rings is 1. The van der Waals surface area contributed by atoms with E-state index in [0.29, 0.717) is 0 Å². The predicted molar refractivity (Wildman–Crippen MR) is 59.4 cm³/mol. The lowest BCUT2D eigenvalue weighted by Gasteiger charge is -2.09. The molecule has 0 bridgehead atoms. The predicted octanol–water partition coefficient (Wildman–Crippen LogP) is 3.42. The number of hydrogen-bond acceptors (Lipinski definition) is 3. The number of rotatable bonds is 0. The molecule has 2 aromatic rings. The highest BCUT2D eigenvalue weighted by atomic mass is 32.2. The average molecular weight is 205 g/mol. The van der Waals surface area contributed by atoms with Crippen molar-refractivity contribution in [2.75, 3.05) is 5.75 Å². The lowest BCUT2D eigenvalue weighted by atomic mass is 10.2. The number of thioether (sulfide) groups is 1. The van der Waals surface area contributed by atoms with Crippen LogP contribution in [0.1, 0.15) is 5.56 Å². The third kappa shape index (κ3) is 1.11. The second-order valence-electron chi connectivity index (χ2n) is 2.89. The molecule has 1 aromatic carbocycles. The van der Waals surface area contributed by atoms with Crippen molar-refractivity contribution in [2.24, 2.45) is 0 Å². The van der Waals surface area contributed by atoms with Gasteiger partial charge in [0.25, 0.3) is 0 Å². The third-order valence-corrected chi connectivity index (χ3v) is 4.02. The summed E-state index contributed by atoms with van der Waals surface area (Å²) in [5, 5.41) is 0. The van der Waals surface area contributed by atoms with Crippen molar-refractivity contribution in [1.82, 2.24) is 4.98 Å². The smallest absolute Gasteiger partial charge is 0.0818 e. The van der Waals surface area contributed by atoms with E-state index in [1.807, 2.05) is 17.3 Å². The van der Waals surface area contributed by atoms with Crippen LogP contribution in [-0.4, -0.2) is 10.7 Å². The van der Waals surface area contributed by atoms with Gasteiger partial charge < -0.3 is 0 Å². The minimum Gasteiger partial charge on any atom is -0.245 e. The monoisotopic (exact) mass is 205 g/mol. The van der Waals surface area contributed by atoms with Crippen molar-refractivity contribution in [2.45, 2.75) is 4.90 Å². The average Bonchev–Trinajstić information content (AvgIpc) is 2.65. The second kappa shape index (κ2) is 2.86. The van der Waals surface area contributed by atoms with Crippen LogP contribution < -0.4 is 0 Å². The van der Waals surface area contributed by atoms with Crippen LogP contribution in [0.4, 0.5) is 0 Å². The van der Waals surface area contributed by atoms with E-state index in [1.165, 1.54) is 15.2 Å². The molecule has 0 unspecified atom stereocenters. The van der Waals surface area contributed by atoms with Crippen molar-refractivity contribution in [3.05, 3.63) is 29.3 Å². The van der Waals surface area contributed by atoms with Crippen molar-refractivity contribution in [3.8, 4) is 0 Å². The molecule has 1 aliphatic rings. The molecule has 1 nitrogen and oxygen atoms in total. The Morgan fingerprint density at radius 2 is 2.31 bits per heavy atom. The van der Waals surface area contributed by atoms with E-state index in [9.17, 15) is 0 Å². The lowest BCUT2D eigenvalue weighted by Crippen LogP contribution is -1.86. The summed E-state index contributed by atoms with van der Waals surface area (Å²) >= 11 is 3.63. The van der Waals surface area contributed by atoms with E-state index in [4.69, 9.17) is 0 Å². The van der Waals surface area contributed by atoms with Gasteiger partial charge in [0.05, 0.1) is 15.7 Å². The van der Waals surface area contributed by atoms with E-state index in [1.54, 1.807) is 11.3 Å². The third-order valence-electron chi connectivity index (χ3n) is 2.12.